The molecule has 0 bridgehead atoms. The molecule has 0 unspecified atom stereocenters. The molecule has 0 aliphatic heterocycles. The lowest BCUT2D eigenvalue weighted by molar-refractivity contribution is 0.187. The predicted molar refractivity (Wildman–Crippen MR) is 72.1 cm³/mol. The number of halogens is 2. The molecule has 4 nitrogen and oxygen atoms in total. The summed E-state index contributed by atoms with van der Waals surface area (Å²) in [5.41, 5.74) is 0.780. The van der Waals surface area contributed by atoms with Gasteiger partial charge in [0.25, 0.3) is 0 Å². The van der Waals surface area contributed by atoms with Gasteiger partial charge in [0.15, 0.2) is 0 Å². The second kappa shape index (κ2) is 6.01. The van der Waals surface area contributed by atoms with E-state index in [1.807, 2.05) is 0 Å². The predicted octanol–water partition coefficient (Wildman–Crippen LogP) is 3.89. The van der Waals surface area contributed by atoms with Crippen LogP contribution in [0.3, 0.4) is 0 Å². The van der Waals surface area contributed by atoms with Crippen molar-refractivity contribution < 1.29 is 18.3 Å². The molecule has 0 saturated carbocycles. The fourth-order valence-corrected chi connectivity index (χ4v) is 1.57. The van der Waals surface area contributed by atoms with Crippen molar-refractivity contribution in [3.05, 3.63) is 54.1 Å². The average molecular weight is 278 g/mol. The number of rotatable bonds is 3. The van der Waals surface area contributed by atoms with Crippen LogP contribution in [0.1, 0.15) is 0 Å². The molecule has 0 radical (unpaired) electrons. The maximum atomic E-state index is 13.5. The number of carbonyl (C=O) groups is 1. The van der Waals surface area contributed by atoms with E-state index < -0.39 is 17.7 Å². The summed E-state index contributed by atoms with van der Waals surface area (Å²) < 4.78 is 31.4. The van der Waals surface area contributed by atoms with Crippen molar-refractivity contribution in [2.45, 2.75) is 0 Å². The Morgan fingerprint density at radius 2 is 1.55 bits per heavy atom. The molecular formula is C14H12F2N2O2. The minimum absolute atomic E-state index is 0.221. The van der Waals surface area contributed by atoms with Gasteiger partial charge in [-0.2, -0.15) is 0 Å². The first kappa shape index (κ1) is 13.8. The van der Waals surface area contributed by atoms with Crippen LogP contribution in [0.15, 0.2) is 42.5 Å². The SMILES string of the molecule is COC(=O)Nc1ccc(Nc2c(F)cccc2F)cc1. The zero-order valence-electron chi connectivity index (χ0n) is 10.6. The van der Waals surface area contributed by atoms with Gasteiger partial charge in [-0.3, -0.25) is 5.32 Å². The van der Waals surface area contributed by atoms with E-state index in [0.717, 1.165) is 0 Å². The fraction of sp³-hybridized carbons (Fsp3) is 0.0714. The minimum atomic E-state index is -0.679. The molecule has 2 N–H and O–H groups in total. The molecule has 6 heteroatoms. The number of para-hydroxylation sites is 1. The molecule has 104 valence electrons. The molecule has 0 aromatic heterocycles. The number of methoxy groups -OCH3 is 1. The van der Waals surface area contributed by atoms with E-state index in [1.54, 1.807) is 24.3 Å². The Bertz CT molecular complexity index is 595. The van der Waals surface area contributed by atoms with Crippen molar-refractivity contribution >= 4 is 23.2 Å². The maximum absolute atomic E-state index is 13.5. The van der Waals surface area contributed by atoms with Gasteiger partial charge in [-0.1, -0.05) is 6.07 Å². The third-order valence-corrected chi connectivity index (χ3v) is 2.55. The molecule has 0 aliphatic carbocycles. The van der Waals surface area contributed by atoms with Gasteiger partial charge in [0, 0.05) is 11.4 Å². The minimum Gasteiger partial charge on any atom is -0.453 e. The van der Waals surface area contributed by atoms with E-state index in [1.165, 1.54) is 25.3 Å². The Morgan fingerprint density at radius 1 is 1.00 bits per heavy atom. The number of anilines is 3. The molecule has 0 spiro atoms. The third-order valence-electron chi connectivity index (χ3n) is 2.55. The topological polar surface area (TPSA) is 50.4 Å². The normalized spacial score (nSPS) is 9.95. The van der Waals surface area contributed by atoms with Crippen molar-refractivity contribution in [1.29, 1.82) is 0 Å². The first-order valence-corrected chi connectivity index (χ1v) is 5.76. The fourth-order valence-electron chi connectivity index (χ4n) is 1.57. The molecule has 2 rings (SSSR count). The summed E-state index contributed by atoms with van der Waals surface area (Å²) in [5.74, 6) is -1.36. The summed E-state index contributed by atoms with van der Waals surface area (Å²) in [4.78, 5) is 11.0. The largest absolute Gasteiger partial charge is 0.453 e. The number of benzene rings is 2. The summed E-state index contributed by atoms with van der Waals surface area (Å²) in [5, 5.41) is 5.11. The van der Waals surface area contributed by atoms with Crippen LogP contribution in [-0.4, -0.2) is 13.2 Å². The number of carbonyl (C=O) groups excluding carboxylic acids is 1. The molecular weight excluding hydrogens is 266 g/mol. The maximum Gasteiger partial charge on any atom is 0.411 e. The second-order valence-electron chi connectivity index (χ2n) is 3.92. The average Bonchev–Trinajstić information content (AvgIpc) is 2.44. The van der Waals surface area contributed by atoms with Crippen molar-refractivity contribution in [3.63, 3.8) is 0 Å². The molecule has 0 atom stereocenters. The molecule has 0 aliphatic rings. The highest BCUT2D eigenvalue weighted by molar-refractivity contribution is 5.84. The molecule has 2 aromatic rings. The van der Waals surface area contributed by atoms with E-state index in [0.29, 0.717) is 11.4 Å². The summed E-state index contributed by atoms with van der Waals surface area (Å²) in [7, 11) is 1.26. The van der Waals surface area contributed by atoms with Crippen molar-refractivity contribution in [1.82, 2.24) is 0 Å². The monoisotopic (exact) mass is 278 g/mol. The third kappa shape index (κ3) is 3.23. The number of hydrogen-bond donors (Lipinski definition) is 2. The van der Waals surface area contributed by atoms with Gasteiger partial charge in [-0.25, -0.2) is 13.6 Å². The van der Waals surface area contributed by atoms with Crippen LogP contribution >= 0.6 is 0 Å². The zero-order valence-corrected chi connectivity index (χ0v) is 10.6. The Labute approximate surface area is 114 Å². The van der Waals surface area contributed by atoms with Gasteiger partial charge in [0.2, 0.25) is 0 Å². The van der Waals surface area contributed by atoms with Crippen molar-refractivity contribution in [3.8, 4) is 0 Å². The number of nitrogens with one attached hydrogen (secondary N) is 2. The molecule has 1 amide bonds. The first-order chi connectivity index (χ1) is 9.60. The van der Waals surface area contributed by atoms with E-state index in [2.05, 4.69) is 15.4 Å². The van der Waals surface area contributed by atoms with Crippen LogP contribution in [0.25, 0.3) is 0 Å². The van der Waals surface area contributed by atoms with Crippen LogP contribution in [0.4, 0.5) is 30.6 Å². The summed E-state index contributed by atoms with van der Waals surface area (Å²) in [6.45, 7) is 0. The molecule has 2 aromatic carbocycles. The Kier molecular flexibility index (Phi) is 4.14. The van der Waals surface area contributed by atoms with E-state index in [9.17, 15) is 13.6 Å². The lowest BCUT2D eigenvalue weighted by atomic mass is 10.2. The highest BCUT2D eigenvalue weighted by Crippen LogP contribution is 2.24. The molecule has 0 fully saturated rings. The highest BCUT2D eigenvalue weighted by Gasteiger charge is 2.08. The van der Waals surface area contributed by atoms with Gasteiger partial charge in [-0.15, -0.1) is 0 Å². The van der Waals surface area contributed by atoms with Crippen LogP contribution < -0.4 is 10.6 Å². The Morgan fingerprint density at radius 3 is 2.10 bits per heavy atom. The highest BCUT2D eigenvalue weighted by atomic mass is 19.1. The van der Waals surface area contributed by atoms with Gasteiger partial charge in [-0.05, 0) is 36.4 Å². The number of amides is 1. The lowest BCUT2D eigenvalue weighted by Crippen LogP contribution is -2.10. The van der Waals surface area contributed by atoms with Crippen LogP contribution in [0, 0.1) is 11.6 Å². The van der Waals surface area contributed by atoms with Gasteiger partial charge in [0.1, 0.15) is 17.3 Å². The lowest BCUT2D eigenvalue weighted by Gasteiger charge is -2.09. The van der Waals surface area contributed by atoms with Gasteiger partial charge < -0.3 is 10.1 Å². The van der Waals surface area contributed by atoms with Gasteiger partial charge >= 0.3 is 6.09 Å². The number of hydrogen-bond acceptors (Lipinski definition) is 3. The smallest absolute Gasteiger partial charge is 0.411 e. The van der Waals surface area contributed by atoms with Crippen LogP contribution in [-0.2, 0) is 4.74 Å². The molecule has 20 heavy (non-hydrogen) atoms. The summed E-state index contributed by atoms with van der Waals surface area (Å²) >= 11 is 0. The Balaban J connectivity index is 2.13. The zero-order chi connectivity index (χ0) is 14.5. The van der Waals surface area contributed by atoms with Crippen molar-refractivity contribution in [2.24, 2.45) is 0 Å². The summed E-state index contributed by atoms with van der Waals surface area (Å²) in [6, 6.07) is 9.95. The molecule has 0 heterocycles. The van der Waals surface area contributed by atoms with Crippen molar-refractivity contribution in [2.75, 3.05) is 17.7 Å². The van der Waals surface area contributed by atoms with Crippen LogP contribution in [0.2, 0.25) is 0 Å². The second-order valence-corrected chi connectivity index (χ2v) is 3.92. The Hall–Kier alpha value is -2.63. The quantitative estimate of drug-likeness (QED) is 0.895. The molecule has 0 saturated heterocycles. The number of ether oxygens (including phenoxy) is 1. The first-order valence-electron chi connectivity index (χ1n) is 5.76. The summed E-state index contributed by atoms with van der Waals surface area (Å²) in [6.07, 6.45) is -0.592. The standard InChI is InChI=1S/C14H12F2N2O2/c1-20-14(19)18-10-7-5-9(6-8-10)17-13-11(15)3-2-4-12(13)16/h2-8,17H,1H3,(H,18,19). The van der Waals surface area contributed by atoms with Crippen LogP contribution in [0.5, 0.6) is 0 Å². The van der Waals surface area contributed by atoms with E-state index in [-0.39, 0.29) is 5.69 Å². The van der Waals surface area contributed by atoms with Gasteiger partial charge in [0.05, 0.1) is 7.11 Å². The van der Waals surface area contributed by atoms with E-state index >= 15 is 0 Å². The van der Waals surface area contributed by atoms with E-state index in [4.69, 9.17) is 0 Å².